The highest BCUT2D eigenvalue weighted by Crippen LogP contribution is 2.18. The van der Waals surface area contributed by atoms with E-state index in [-0.39, 0.29) is 11.3 Å². The predicted octanol–water partition coefficient (Wildman–Crippen LogP) is 1.31. The van der Waals surface area contributed by atoms with Gasteiger partial charge in [-0.3, -0.25) is 4.79 Å². The smallest absolute Gasteiger partial charge is 0.321 e. The van der Waals surface area contributed by atoms with Crippen molar-refractivity contribution >= 4 is 16.0 Å². The van der Waals surface area contributed by atoms with Crippen molar-refractivity contribution in [3.63, 3.8) is 0 Å². The second-order valence-electron chi connectivity index (χ2n) is 3.74. The summed E-state index contributed by atoms with van der Waals surface area (Å²) >= 11 is 0. The van der Waals surface area contributed by atoms with Crippen molar-refractivity contribution in [3.8, 4) is 0 Å². The maximum absolute atomic E-state index is 13.0. The van der Waals surface area contributed by atoms with Crippen LogP contribution in [-0.2, 0) is 14.8 Å². The van der Waals surface area contributed by atoms with Crippen molar-refractivity contribution in [3.05, 3.63) is 30.1 Å². The Labute approximate surface area is 105 Å². The van der Waals surface area contributed by atoms with Crippen molar-refractivity contribution < 1.29 is 22.7 Å². The Kier molecular flexibility index (Phi) is 4.42. The maximum Gasteiger partial charge on any atom is 0.321 e. The zero-order valence-electron chi connectivity index (χ0n) is 10.00. The van der Waals surface area contributed by atoms with Crippen molar-refractivity contribution in [2.75, 3.05) is 7.05 Å². The zero-order valence-corrected chi connectivity index (χ0v) is 10.8. The van der Waals surface area contributed by atoms with Crippen LogP contribution in [-0.4, -0.2) is 36.9 Å². The molecule has 1 atom stereocenters. The monoisotopic (exact) mass is 275 g/mol. The van der Waals surface area contributed by atoms with Crippen LogP contribution in [0.15, 0.2) is 29.2 Å². The Morgan fingerprint density at radius 2 is 2.11 bits per heavy atom. The van der Waals surface area contributed by atoms with E-state index in [1.165, 1.54) is 19.2 Å². The quantitative estimate of drug-likeness (QED) is 0.879. The van der Waals surface area contributed by atoms with Gasteiger partial charge in [-0.25, -0.2) is 12.8 Å². The van der Waals surface area contributed by atoms with Crippen LogP contribution < -0.4 is 0 Å². The lowest BCUT2D eigenvalue weighted by Gasteiger charge is -2.23. The molecule has 0 aromatic heterocycles. The van der Waals surface area contributed by atoms with Crippen LogP contribution in [0.4, 0.5) is 4.39 Å². The Morgan fingerprint density at radius 1 is 1.50 bits per heavy atom. The third-order valence-corrected chi connectivity index (χ3v) is 4.45. The van der Waals surface area contributed by atoms with Crippen molar-refractivity contribution in [1.82, 2.24) is 4.31 Å². The van der Waals surface area contributed by atoms with Gasteiger partial charge in [-0.1, -0.05) is 13.0 Å². The number of benzene rings is 1. The zero-order chi connectivity index (χ0) is 13.9. The molecule has 0 bridgehead atoms. The normalized spacial score (nSPS) is 13.6. The number of hydrogen-bond acceptors (Lipinski definition) is 3. The van der Waals surface area contributed by atoms with Gasteiger partial charge in [0.25, 0.3) is 0 Å². The van der Waals surface area contributed by atoms with Gasteiger partial charge in [-0.2, -0.15) is 4.31 Å². The van der Waals surface area contributed by atoms with E-state index < -0.39 is 27.9 Å². The van der Waals surface area contributed by atoms with E-state index in [1.807, 2.05) is 0 Å². The molecule has 5 nitrogen and oxygen atoms in total. The van der Waals surface area contributed by atoms with Gasteiger partial charge >= 0.3 is 5.97 Å². The minimum absolute atomic E-state index is 0.125. The fourth-order valence-electron chi connectivity index (χ4n) is 1.55. The molecule has 0 aliphatic heterocycles. The van der Waals surface area contributed by atoms with Crippen LogP contribution in [0.2, 0.25) is 0 Å². The first kappa shape index (κ1) is 14.6. The fourth-order valence-corrected chi connectivity index (χ4v) is 2.97. The van der Waals surface area contributed by atoms with Crippen molar-refractivity contribution in [2.45, 2.75) is 24.3 Å². The lowest BCUT2D eigenvalue weighted by atomic mass is 10.2. The van der Waals surface area contributed by atoms with E-state index >= 15 is 0 Å². The summed E-state index contributed by atoms with van der Waals surface area (Å²) in [7, 11) is -2.84. The highest BCUT2D eigenvalue weighted by atomic mass is 32.2. The highest BCUT2D eigenvalue weighted by molar-refractivity contribution is 7.89. The highest BCUT2D eigenvalue weighted by Gasteiger charge is 2.31. The first-order valence-electron chi connectivity index (χ1n) is 5.27. The molecule has 7 heteroatoms. The number of sulfonamides is 1. The summed E-state index contributed by atoms with van der Waals surface area (Å²) in [5.41, 5.74) is 0. The first-order chi connectivity index (χ1) is 8.30. The topological polar surface area (TPSA) is 74.7 Å². The molecule has 1 rings (SSSR count). The summed E-state index contributed by atoms with van der Waals surface area (Å²) in [6.45, 7) is 1.57. The van der Waals surface area contributed by atoms with E-state index in [2.05, 4.69) is 0 Å². The predicted molar refractivity (Wildman–Crippen MR) is 63.1 cm³/mol. The number of nitrogens with zero attached hydrogens (tertiary/aromatic N) is 1. The summed E-state index contributed by atoms with van der Waals surface area (Å²) < 4.78 is 37.9. The van der Waals surface area contributed by atoms with Crippen LogP contribution in [0.5, 0.6) is 0 Å². The molecule has 0 heterocycles. The van der Waals surface area contributed by atoms with E-state index in [0.717, 1.165) is 16.4 Å². The maximum atomic E-state index is 13.0. The molecule has 100 valence electrons. The molecule has 18 heavy (non-hydrogen) atoms. The summed E-state index contributed by atoms with van der Waals surface area (Å²) in [6.07, 6.45) is 0.125. The van der Waals surface area contributed by atoms with Gasteiger partial charge in [0.05, 0.1) is 4.90 Å². The summed E-state index contributed by atoms with van der Waals surface area (Å²) in [6, 6.07) is 3.30. The number of carbonyl (C=O) groups is 1. The van der Waals surface area contributed by atoms with E-state index in [9.17, 15) is 17.6 Å². The number of aliphatic carboxylic acids is 1. The van der Waals surface area contributed by atoms with E-state index in [0.29, 0.717) is 0 Å². The van der Waals surface area contributed by atoms with Gasteiger partial charge in [0.15, 0.2) is 0 Å². The largest absolute Gasteiger partial charge is 0.480 e. The standard InChI is InChI=1S/C11H14FNO4S/c1-3-10(11(14)15)13(2)18(16,17)9-6-4-5-8(12)7-9/h4-7,10H,3H2,1-2H3,(H,14,15). The number of carboxylic acid groups (broad SMARTS) is 1. The van der Waals surface area contributed by atoms with Gasteiger partial charge in [0, 0.05) is 7.05 Å². The Morgan fingerprint density at radius 3 is 2.56 bits per heavy atom. The average molecular weight is 275 g/mol. The molecule has 0 spiro atoms. The molecular formula is C11H14FNO4S. The molecule has 1 aromatic rings. The van der Waals surface area contributed by atoms with Gasteiger partial charge in [-0.15, -0.1) is 0 Å². The number of halogens is 1. The molecule has 0 aliphatic carbocycles. The van der Waals surface area contributed by atoms with Gasteiger partial charge in [0.1, 0.15) is 11.9 Å². The number of likely N-dealkylation sites (N-methyl/N-ethyl adjacent to an activating group) is 1. The summed E-state index contributed by atoms with van der Waals surface area (Å²) in [4.78, 5) is 10.7. The van der Waals surface area contributed by atoms with Gasteiger partial charge < -0.3 is 5.11 Å². The minimum atomic E-state index is -4.01. The van der Waals surface area contributed by atoms with Gasteiger partial charge in [-0.05, 0) is 24.6 Å². The molecule has 1 N–H and O–H groups in total. The third-order valence-electron chi connectivity index (χ3n) is 2.58. The van der Waals surface area contributed by atoms with E-state index in [4.69, 9.17) is 5.11 Å². The van der Waals surface area contributed by atoms with Crippen LogP contribution in [0.3, 0.4) is 0 Å². The second kappa shape index (κ2) is 5.45. The van der Waals surface area contributed by atoms with Crippen LogP contribution in [0.25, 0.3) is 0 Å². The molecule has 1 aromatic carbocycles. The third kappa shape index (κ3) is 2.85. The molecule has 0 radical (unpaired) electrons. The number of carboxylic acids is 1. The molecule has 0 aliphatic rings. The van der Waals surface area contributed by atoms with Crippen molar-refractivity contribution in [2.24, 2.45) is 0 Å². The van der Waals surface area contributed by atoms with Crippen molar-refractivity contribution in [1.29, 1.82) is 0 Å². The van der Waals surface area contributed by atoms with Crippen LogP contribution in [0.1, 0.15) is 13.3 Å². The fraction of sp³-hybridized carbons (Fsp3) is 0.364. The average Bonchev–Trinajstić information content (AvgIpc) is 2.29. The summed E-state index contributed by atoms with van der Waals surface area (Å²) in [5, 5.41) is 8.93. The number of rotatable bonds is 5. The molecule has 1 unspecified atom stereocenters. The Balaban J connectivity index is 3.18. The van der Waals surface area contributed by atoms with Gasteiger partial charge in [0.2, 0.25) is 10.0 Å². The first-order valence-corrected chi connectivity index (χ1v) is 6.71. The molecule has 0 fully saturated rings. The number of hydrogen-bond donors (Lipinski definition) is 1. The molecular weight excluding hydrogens is 261 g/mol. The van der Waals surface area contributed by atoms with E-state index in [1.54, 1.807) is 6.92 Å². The van der Waals surface area contributed by atoms with Crippen LogP contribution in [0, 0.1) is 5.82 Å². The summed E-state index contributed by atoms with van der Waals surface area (Å²) in [5.74, 6) is -1.92. The molecule has 0 amide bonds. The Bertz CT molecular complexity index is 544. The Hall–Kier alpha value is -1.47. The second-order valence-corrected chi connectivity index (χ2v) is 5.74. The van der Waals surface area contributed by atoms with Crippen LogP contribution >= 0.6 is 0 Å². The molecule has 0 saturated carbocycles. The minimum Gasteiger partial charge on any atom is -0.480 e. The lowest BCUT2D eigenvalue weighted by Crippen LogP contribution is -2.41. The SMILES string of the molecule is CCC(C(=O)O)N(C)S(=O)(=O)c1cccc(F)c1. The lowest BCUT2D eigenvalue weighted by molar-refractivity contribution is -0.141. The molecule has 0 saturated heterocycles.